The molecule has 10 heteroatoms. The number of alkyl halides is 3. The molecule has 4 aromatic rings. The van der Waals surface area contributed by atoms with E-state index >= 15 is 0 Å². The lowest BCUT2D eigenvalue weighted by Gasteiger charge is -2.36. The standard InChI is InChI=1S/C34H31F3N4O3/c1-43-31-7-3-6-30(32(31)44-23-24-8-10-27(11-9-24)34(35,36)37)33(42)39-28-12-14-29(15-13-28)41-18-16-40(17-19-41)22-26-5-2-4-25(20-26)21-38/h2-15,20H,16-19,22-23H2,1H3,(H,39,42). The van der Waals surface area contributed by atoms with Gasteiger partial charge in [0.25, 0.3) is 5.91 Å². The first-order valence-corrected chi connectivity index (χ1v) is 14.1. The zero-order chi connectivity index (χ0) is 31.1. The van der Waals surface area contributed by atoms with E-state index in [1.807, 2.05) is 48.5 Å². The summed E-state index contributed by atoms with van der Waals surface area (Å²) in [5, 5.41) is 12.0. The van der Waals surface area contributed by atoms with Gasteiger partial charge in [0.2, 0.25) is 0 Å². The van der Waals surface area contributed by atoms with Gasteiger partial charge in [-0.05, 0) is 71.8 Å². The molecule has 1 aliphatic heterocycles. The van der Waals surface area contributed by atoms with Crippen molar-refractivity contribution in [2.45, 2.75) is 19.3 Å². The first-order valence-electron chi connectivity index (χ1n) is 14.1. The van der Waals surface area contributed by atoms with E-state index in [1.54, 1.807) is 18.2 Å². The van der Waals surface area contributed by atoms with Gasteiger partial charge in [-0.25, -0.2) is 0 Å². The predicted molar refractivity (Wildman–Crippen MR) is 162 cm³/mol. The van der Waals surface area contributed by atoms with E-state index in [0.717, 1.165) is 56.1 Å². The number of para-hydroxylation sites is 1. The van der Waals surface area contributed by atoms with Crippen LogP contribution in [0.3, 0.4) is 0 Å². The quantitative estimate of drug-likeness (QED) is 0.229. The maximum Gasteiger partial charge on any atom is 0.416 e. The molecular formula is C34H31F3N4O3. The summed E-state index contributed by atoms with van der Waals surface area (Å²) in [6.07, 6.45) is -4.42. The highest BCUT2D eigenvalue weighted by molar-refractivity contribution is 6.06. The second-order valence-corrected chi connectivity index (χ2v) is 10.4. The molecule has 1 aliphatic rings. The number of rotatable bonds is 9. The van der Waals surface area contributed by atoms with Crippen molar-refractivity contribution in [1.29, 1.82) is 5.26 Å². The number of carbonyl (C=O) groups excluding carboxylic acids is 1. The predicted octanol–water partition coefficient (Wildman–Crippen LogP) is 6.74. The molecule has 0 spiro atoms. The molecule has 0 aliphatic carbocycles. The summed E-state index contributed by atoms with van der Waals surface area (Å²) in [6, 6.07) is 27.1. The highest BCUT2D eigenvalue weighted by atomic mass is 19.4. The van der Waals surface area contributed by atoms with Gasteiger partial charge in [-0.15, -0.1) is 0 Å². The molecule has 4 aromatic carbocycles. The van der Waals surface area contributed by atoms with Crippen molar-refractivity contribution in [2.24, 2.45) is 0 Å². The molecule has 1 fully saturated rings. The fraction of sp³-hybridized carbons (Fsp3) is 0.235. The number of anilines is 2. The smallest absolute Gasteiger partial charge is 0.416 e. The first kappa shape index (κ1) is 30.4. The average molecular weight is 601 g/mol. The highest BCUT2D eigenvalue weighted by Crippen LogP contribution is 2.33. The normalized spacial score (nSPS) is 13.7. The van der Waals surface area contributed by atoms with Crippen LogP contribution < -0.4 is 19.7 Å². The minimum Gasteiger partial charge on any atom is -0.493 e. The van der Waals surface area contributed by atoms with Crippen molar-refractivity contribution in [3.05, 3.63) is 119 Å². The second kappa shape index (κ2) is 13.5. The molecular weight excluding hydrogens is 569 g/mol. The summed E-state index contributed by atoms with van der Waals surface area (Å²) < 4.78 is 50.0. The molecule has 0 atom stereocenters. The Morgan fingerprint density at radius 2 is 1.61 bits per heavy atom. The summed E-state index contributed by atoms with van der Waals surface area (Å²) in [5.74, 6) is 0.117. The minimum atomic E-state index is -4.42. The number of methoxy groups -OCH3 is 1. The van der Waals surface area contributed by atoms with Crippen molar-refractivity contribution in [3.8, 4) is 17.6 Å². The lowest BCUT2D eigenvalue weighted by Crippen LogP contribution is -2.45. The number of halogens is 3. The molecule has 1 saturated heterocycles. The molecule has 5 rings (SSSR count). The second-order valence-electron chi connectivity index (χ2n) is 10.4. The molecule has 0 saturated carbocycles. The van der Waals surface area contributed by atoms with Gasteiger partial charge in [0, 0.05) is 44.1 Å². The van der Waals surface area contributed by atoms with Gasteiger partial charge in [-0.2, -0.15) is 18.4 Å². The fourth-order valence-corrected chi connectivity index (χ4v) is 5.07. The molecule has 1 amide bonds. The summed E-state index contributed by atoms with van der Waals surface area (Å²) in [6.45, 7) is 4.24. The number of ether oxygens (including phenoxy) is 2. The van der Waals surface area contributed by atoms with E-state index in [-0.39, 0.29) is 17.9 Å². The van der Waals surface area contributed by atoms with Crippen molar-refractivity contribution >= 4 is 17.3 Å². The molecule has 0 unspecified atom stereocenters. The van der Waals surface area contributed by atoms with Crippen LogP contribution in [0.2, 0.25) is 0 Å². The van der Waals surface area contributed by atoms with Gasteiger partial charge < -0.3 is 19.7 Å². The van der Waals surface area contributed by atoms with Gasteiger partial charge in [-0.3, -0.25) is 9.69 Å². The number of amides is 1. The van der Waals surface area contributed by atoms with E-state index in [9.17, 15) is 18.0 Å². The Morgan fingerprint density at radius 3 is 2.27 bits per heavy atom. The Balaban J connectivity index is 1.19. The van der Waals surface area contributed by atoms with Crippen LogP contribution in [0.25, 0.3) is 0 Å². The van der Waals surface area contributed by atoms with E-state index in [2.05, 4.69) is 21.2 Å². The fourth-order valence-electron chi connectivity index (χ4n) is 5.07. The van der Waals surface area contributed by atoms with E-state index in [1.165, 1.54) is 19.2 Å². The zero-order valence-corrected chi connectivity index (χ0v) is 24.1. The van der Waals surface area contributed by atoms with E-state index < -0.39 is 17.6 Å². The highest BCUT2D eigenvalue weighted by Gasteiger charge is 2.30. The SMILES string of the molecule is COc1cccc(C(=O)Nc2ccc(N3CCN(Cc4cccc(C#N)c4)CC3)cc2)c1OCc1ccc(C(F)(F)F)cc1. The molecule has 0 radical (unpaired) electrons. The van der Waals surface area contributed by atoms with Gasteiger partial charge in [0.05, 0.1) is 29.9 Å². The Bertz CT molecular complexity index is 1630. The van der Waals surface area contributed by atoms with E-state index in [0.29, 0.717) is 22.6 Å². The first-order chi connectivity index (χ1) is 21.2. The van der Waals surface area contributed by atoms with Crippen molar-refractivity contribution in [1.82, 2.24) is 4.90 Å². The molecule has 0 bridgehead atoms. The maximum atomic E-state index is 13.3. The Kier molecular flexibility index (Phi) is 9.36. The topological polar surface area (TPSA) is 77.8 Å². The molecule has 7 nitrogen and oxygen atoms in total. The van der Waals surface area contributed by atoms with Crippen molar-refractivity contribution in [3.63, 3.8) is 0 Å². The van der Waals surface area contributed by atoms with Crippen LogP contribution in [0.1, 0.15) is 32.6 Å². The number of nitrogens with one attached hydrogen (secondary N) is 1. The summed E-state index contributed by atoms with van der Waals surface area (Å²) >= 11 is 0. The summed E-state index contributed by atoms with van der Waals surface area (Å²) in [7, 11) is 1.45. The third-order valence-corrected chi connectivity index (χ3v) is 7.43. The van der Waals surface area contributed by atoms with Crippen LogP contribution in [-0.2, 0) is 19.3 Å². The molecule has 44 heavy (non-hydrogen) atoms. The molecule has 226 valence electrons. The van der Waals surface area contributed by atoms with Gasteiger partial charge >= 0.3 is 6.18 Å². The molecule has 0 aromatic heterocycles. The van der Waals surface area contributed by atoms with Crippen LogP contribution >= 0.6 is 0 Å². The molecule has 1 heterocycles. The third kappa shape index (κ3) is 7.49. The zero-order valence-electron chi connectivity index (χ0n) is 24.1. The van der Waals surface area contributed by atoms with Crippen molar-refractivity contribution < 1.29 is 27.4 Å². The molecule has 1 N–H and O–H groups in total. The van der Waals surface area contributed by atoms with Crippen LogP contribution in [0.4, 0.5) is 24.5 Å². The van der Waals surface area contributed by atoms with Crippen LogP contribution in [-0.4, -0.2) is 44.1 Å². The van der Waals surface area contributed by atoms with E-state index in [4.69, 9.17) is 14.7 Å². The summed E-state index contributed by atoms with van der Waals surface area (Å²) in [5.41, 5.74) is 3.45. The van der Waals surface area contributed by atoms with Crippen LogP contribution in [0.15, 0.2) is 91.0 Å². The lowest BCUT2D eigenvalue weighted by molar-refractivity contribution is -0.137. The third-order valence-electron chi connectivity index (χ3n) is 7.43. The number of carbonyl (C=O) groups is 1. The number of benzene rings is 4. The number of nitriles is 1. The van der Waals surface area contributed by atoms with Gasteiger partial charge in [0.15, 0.2) is 11.5 Å². The maximum absolute atomic E-state index is 13.3. The number of hydrogen-bond donors (Lipinski definition) is 1. The lowest BCUT2D eigenvalue weighted by atomic mass is 10.1. The number of nitrogens with zero attached hydrogens (tertiary/aromatic N) is 3. The Morgan fingerprint density at radius 1 is 0.909 bits per heavy atom. The van der Waals surface area contributed by atoms with Gasteiger partial charge in [-0.1, -0.05) is 30.3 Å². The van der Waals surface area contributed by atoms with Crippen LogP contribution in [0, 0.1) is 11.3 Å². The van der Waals surface area contributed by atoms with Gasteiger partial charge in [0.1, 0.15) is 6.61 Å². The minimum absolute atomic E-state index is 0.0486. The Hall–Kier alpha value is -5.01. The van der Waals surface area contributed by atoms with Crippen molar-refractivity contribution in [2.75, 3.05) is 43.5 Å². The van der Waals surface area contributed by atoms with Crippen LogP contribution in [0.5, 0.6) is 11.5 Å². The summed E-state index contributed by atoms with van der Waals surface area (Å²) in [4.78, 5) is 17.9. The largest absolute Gasteiger partial charge is 0.493 e. The Labute approximate surface area is 254 Å². The average Bonchev–Trinajstić information content (AvgIpc) is 3.04. The number of hydrogen-bond acceptors (Lipinski definition) is 6. The monoisotopic (exact) mass is 600 g/mol. The number of piperazine rings is 1.